The van der Waals surface area contributed by atoms with E-state index < -0.39 is 35.3 Å². The molecule has 5 atom stereocenters. The van der Waals surface area contributed by atoms with Crippen molar-refractivity contribution >= 4 is 40.1 Å². The lowest BCUT2D eigenvalue weighted by molar-refractivity contribution is -0.181. The third kappa shape index (κ3) is 11.5. The summed E-state index contributed by atoms with van der Waals surface area (Å²) in [4.78, 5) is 28.5. The van der Waals surface area contributed by atoms with Crippen molar-refractivity contribution in [1.29, 1.82) is 0 Å². The maximum Gasteiger partial charge on any atom is 0.309 e. The summed E-state index contributed by atoms with van der Waals surface area (Å²) < 4.78 is 7.89. The molecule has 3 aromatic rings. The number of nitrogens with zero attached hydrogens (tertiary/aromatic N) is 2. The molecule has 2 unspecified atom stereocenters. The lowest BCUT2D eigenvalue weighted by Gasteiger charge is -2.48. The molecule has 57 heavy (non-hydrogen) atoms. The van der Waals surface area contributed by atoms with Crippen LogP contribution in [0.2, 0.25) is 5.02 Å². The molecule has 10 heteroatoms. The van der Waals surface area contributed by atoms with Gasteiger partial charge in [-0.1, -0.05) is 97.0 Å². The number of hydrogen-bond acceptors (Lipinski definition) is 7. The van der Waals surface area contributed by atoms with E-state index in [0.29, 0.717) is 68.9 Å². The normalized spacial score (nSPS) is 26.7. The Morgan fingerprint density at radius 1 is 1.04 bits per heavy atom. The van der Waals surface area contributed by atoms with E-state index >= 15 is 0 Å². The van der Waals surface area contributed by atoms with Crippen molar-refractivity contribution in [3.8, 4) is 0 Å². The van der Waals surface area contributed by atoms with Gasteiger partial charge in [-0.2, -0.15) is 0 Å². The Morgan fingerprint density at radius 2 is 1.67 bits per heavy atom. The van der Waals surface area contributed by atoms with E-state index in [2.05, 4.69) is 41.2 Å². The third-order valence-electron chi connectivity index (χ3n) is 11.5. The second-order valence-corrected chi connectivity index (χ2v) is 16.5. The van der Waals surface area contributed by atoms with Crippen LogP contribution in [0.5, 0.6) is 0 Å². The van der Waals surface area contributed by atoms with Crippen LogP contribution in [0.25, 0.3) is 16.6 Å². The van der Waals surface area contributed by atoms with Gasteiger partial charge in [-0.25, -0.2) is 0 Å². The molecule has 1 aromatic heterocycles. The highest BCUT2D eigenvalue weighted by atomic mass is 35.5. The molecule has 4 N–H and O–H groups in total. The van der Waals surface area contributed by atoms with Gasteiger partial charge >= 0.3 is 5.97 Å². The van der Waals surface area contributed by atoms with Crippen molar-refractivity contribution in [2.45, 2.75) is 138 Å². The zero-order valence-electron chi connectivity index (χ0n) is 36.3. The topological polar surface area (TPSA) is 124 Å². The molecule has 2 saturated heterocycles. The Morgan fingerprint density at radius 3 is 2.28 bits per heavy atom. The summed E-state index contributed by atoms with van der Waals surface area (Å²) in [6.07, 6.45) is 1.10. The molecule has 2 aliphatic heterocycles. The molecular formula is C47H70ClN3O6. The highest BCUT2D eigenvalue weighted by Crippen LogP contribution is 2.44. The third-order valence-corrected chi connectivity index (χ3v) is 11.7. The van der Waals surface area contributed by atoms with Crippen molar-refractivity contribution in [2.24, 2.45) is 17.8 Å². The van der Waals surface area contributed by atoms with Crippen LogP contribution in [0.3, 0.4) is 0 Å². The van der Waals surface area contributed by atoms with Crippen LogP contribution >= 0.6 is 11.6 Å². The van der Waals surface area contributed by atoms with Gasteiger partial charge < -0.3 is 34.8 Å². The van der Waals surface area contributed by atoms with Gasteiger partial charge in [0.2, 0.25) is 5.91 Å². The quantitative estimate of drug-likeness (QED) is 0.126. The summed E-state index contributed by atoms with van der Waals surface area (Å²) in [5, 5.41) is 39.2. The summed E-state index contributed by atoms with van der Waals surface area (Å²) in [6.45, 7) is 29.2. The number of esters is 1. The summed E-state index contributed by atoms with van der Waals surface area (Å²) in [5.41, 5.74) is 3.43. The Balaban J connectivity index is 0.00000211. The van der Waals surface area contributed by atoms with Crippen LogP contribution in [0.4, 0.5) is 0 Å². The maximum atomic E-state index is 13.5. The maximum absolute atomic E-state index is 13.5. The number of rotatable bonds is 9. The number of benzene rings is 2. The summed E-state index contributed by atoms with van der Waals surface area (Å²) in [5.74, 6) is -0.661. The monoisotopic (exact) mass is 807 g/mol. The minimum absolute atomic E-state index is 0.107. The average molecular weight is 809 g/mol. The van der Waals surface area contributed by atoms with Crippen molar-refractivity contribution in [3.63, 3.8) is 0 Å². The number of aromatic nitrogens is 1. The zero-order valence-corrected chi connectivity index (χ0v) is 37.0. The predicted molar refractivity (Wildman–Crippen MR) is 234 cm³/mol. The number of hydrogen-bond donors (Lipinski definition) is 4. The van der Waals surface area contributed by atoms with Gasteiger partial charge in [-0.05, 0) is 107 Å². The number of fused-ring (bicyclic) bond motifs is 12. The van der Waals surface area contributed by atoms with Crippen LogP contribution in [0.1, 0.15) is 116 Å². The van der Waals surface area contributed by atoms with Crippen molar-refractivity contribution in [1.82, 2.24) is 14.8 Å². The van der Waals surface area contributed by atoms with E-state index in [1.165, 1.54) is 6.92 Å². The van der Waals surface area contributed by atoms with E-state index in [4.69, 9.17) is 16.3 Å². The molecule has 2 bridgehead atoms. The molecule has 1 aliphatic carbocycles. The molecule has 1 saturated carbocycles. The van der Waals surface area contributed by atoms with Crippen LogP contribution in [-0.4, -0.2) is 79.7 Å². The van der Waals surface area contributed by atoms with Crippen LogP contribution in [0.15, 0.2) is 61.3 Å². The number of ether oxygens (including phenoxy) is 1. The number of amides is 1. The Hall–Kier alpha value is -3.63. The van der Waals surface area contributed by atoms with Crippen LogP contribution in [-0.2, 0) is 20.7 Å². The predicted octanol–water partition coefficient (Wildman–Crippen LogP) is 8.99. The highest BCUT2D eigenvalue weighted by molar-refractivity contribution is 6.30. The fourth-order valence-electron chi connectivity index (χ4n) is 8.63. The second kappa shape index (κ2) is 20.9. The van der Waals surface area contributed by atoms with Gasteiger partial charge in [0.1, 0.15) is 17.8 Å². The standard InChI is InChI=1S/C43H58ClN3O6.2C2H6/c1-9-38-42(8,51)40(49)31(7)46(25-32-23-43(52,24-32)22-27(3)19-28(4)41(50)53-38)18-10-17-45-39(48)21-35-30(6)47(37-16-11-26(2)20-36(35)37)29(5)33-12-14-34(44)15-13-33;2*1-2/h11-16,20,27-28,32,38,40,49,51-52H,5,7,9-10,17-19,21-25H2,1-4,6,8H3,(H,45,48);2*1-2H3/t27-,28?,32?,38+,40?,42+,43?;;/m0../s1. The number of aliphatic hydroxyl groups is 3. The van der Waals surface area contributed by atoms with Crippen LogP contribution in [0, 0.1) is 31.6 Å². The number of aliphatic hydroxyl groups excluding tert-OH is 1. The van der Waals surface area contributed by atoms with Gasteiger partial charge in [0.05, 0.1) is 23.5 Å². The number of aryl methyl sites for hydroxylation is 1. The molecule has 6 rings (SSSR count). The van der Waals surface area contributed by atoms with E-state index in [1.807, 2.05) is 91.5 Å². The molecule has 2 aromatic carbocycles. The Bertz CT molecular complexity index is 1830. The van der Waals surface area contributed by atoms with Gasteiger partial charge in [-0.3, -0.25) is 9.59 Å². The van der Waals surface area contributed by atoms with E-state index in [1.54, 1.807) is 0 Å². The van der Waals surface area contributed by atoms with Crippen LogP contribution < -0.4 is 5.32 Å². The van der Waals surface area contributed by atoms with Gasteiger partial charge in [0, 0.05) is 47.1 Å². The van der Waals surface area contributed by atoms with Gasteiger partial charge in [-0.15, -0.1) is 0 Å². The number of halogens is 1. The molecule has 3 fully saturated rings. The van der Waals surface area contributed by atoms with E-state index in [0.717, 1.165) is 39.0 Å². The first-order valence-electron chi connectivity index (χ1n) is 21.0. The summed E-state index contributed by atoms with van der Waals surface area (Å²) >= 11 is 6.15. The summed E-state index contributed by atoms with van der Waals surface area (Å²) in [7, 11) is 0. The van der Waals surface area contributed by atoms with Crippen molar-refractivity contribution < 1.29 is 29.6 Å². The van der Waals surface area contributed by atoms with E-state index in [-0.39, 0.29) is 24.2 Å². The lowest BCUT2D eigenvalue weighted by Crippen LogP contribution is -2.55. The molecule has 3 aliphatic rings. The molecule has 9 nitrogen and oxygen atoms in total. The van der Waals surface area contributed by atoms with Gasteiger partial charge in [0.15, 0.2) is 0 Å². The Kier molecular flexibility index (Phi) is 17.5. The van der Waals surface area contributed by atoms with Gasteiger partial charge in [0.25, 0.3) is 0 Å². The highest BCUT2D eigenvalue weighted by Gasteiger charge is 2.47. The minimum Gasteiger partial charge on any atom is -0.459 e. The molecule has 3 heterocycles. The molecule has 1 amide bonds. The minimum atomic E-state index is -1.78. The average Bonchev–Trinajstić information content (AvgIpc) is 3.43. The summed E-state index contributed by atoms with van der Waals surface area (Å²) in [6, 6.07) is 13.8. The van der Waals surface area contributed by atoms with Crippen molar-refractivity contribution in [3.05, 3.63) is 88.7 Å². The molecule has 0 radical (unpaired) electrons. The molecular weight excluding hydrogens is 738 g/mol. The van der Waals surface area contributed by atoms with Crippen molar-refractivity contribution in [2.75, 3.05) is 19.6 Å². The first-order valence-corrected chi connectivity index (χ1v) is 21.4. The fourth-order valence-corrected chi connectivity index (χ4v) is 8.75. The lowest BCUT2D eigenvalue weighted by atomic mass is 9.66. The smallest absolute Gasteiger partial charge is 0.309 e. The van der Waals surface area contributed by atoms with E-state index in [9.17, 15) is 24.9 Å². The SMILES string of the molecule is C=C1C(O)[C@](C)(O)[C@@H](CC)OC(=O)C(C)C[C@H](C)CC2(O)CC(CN1CCCNC(=O)Cc1c(C)n(C(=C)c3ccc(Cl)cc3)c3ccc(C)cc13)C2.CC.CC. The number of carbonyl (C=O) groups excluding carboxylic acids is 2. The largest absolute Gasteiger partial charge is 0.459 e. The second-order valence-electron chi connectivity index (χ2n) is 16.1. The first-order chi connectivity index (χ1) is 26.9. The molecule has 0 spiro atoms. The zero-order chi connectivity index (χ0) is 42.8. The first kappa shape index (κ1) is 47.7. The fraction of sp³-hybridized carbons (Fsp3) is 0.574. The number of carbonyl (C=O) groups is 2. The number of nitrogens with one attached hydrogen (secondary N) is 1. The molecule has 316 valence electrons. The Labute approximate surface area is 347 Å².